The van der Waals surface area contributed by atoms with E-state index in [9.17, 15) is 9.59 Å². The van der Waals surface area contributed by atoms with Crippen LogP contribution in [0.4, 0.5) is 0 Å². The molecule has 0 saturated carbocycles. The molecule has 0 unspecified atom stereocenters. The lowest BCUT2D eigenvalue weighted by atomic mass is 9.89. The zero-order valence-electron chi connectivity index (χ0n) is 12.1. The number of benzene rings is 1. The maximum atomic E-state index is 11.0. The lowest BCUT2D eigenvalue weighted by Gasteiger charge is -2.16. The summed E-state index contributed by atoms with van der Waals surface area (Å²) in [6.07, 6.45) is 3.82. The van der Waals surface area contributed by atoms with Crippen LogP contribution in [0.15, 0.2) is 18.2 Å². The van der Waals surface area contributed by atoms with E-state index in [0.717, 1.165) is 36.8 Å². The second-order valence-electron chi connectivity index (χ2n) is 4.99. The molecule has 0 aliphatic rings. The largest absolute Gasteiger partial charge is 0.481 e. The molecule has 0 amide bonds. The highest BCUT2D eigenvalue weighted by Gasteiger charge is 2.27. The van der Waals surface area contributed by atoms with Gasteiger partial charge in [0.15, 0.2) is 5.92 Å². The summed E-state index contributed by atoms with van der Waals surface area (Å²) >= 11 is 0. The first-order valence-electron chi connectivity index (χ1n) is 7.06. The van der Waals surface area contributed by atoms with Crippen LogP contribution < -0.4 is 0 Å². The van der Waals surface area contributed by atoms with Gasteiger partial charge in [-0.05, 0) is 36.0 Å². The van der Waals surface area contributed by atoms with E-state index in [0.29, 0.717) is 0 Å². The third-order valence-corrected chi connectivity index (χ3v) is 3.41. The molecule has 4 heteroatoms. The average Bonchev–Trinajstić information content (AvgIpc) is 2.38. The zero-order valence-corrected chi connectivity index (χ0v) is 12.1. The topological polar surface area (TPSA) is 74.6 Å². The molecule has 0 aromatic heterocycles. The highest BCUT2D eigenvalue weighted by atomic mass is 16.4. The zero-order chi connectivity index (χ0) is 15.1. The minimum atomic E-state index is -1.37. The van der Waals surface area contributed by atoms with Gasteiger partial charge in [0.05, 0.1) is 0 Å². The van der Waals surface area contributed by atoms with Crippen molar-refractivity contribution in [1.82, 2.24) is 0 Å². The molecular weight excluding hydrogens is 256 g/mol. The SMILES string of the molecule is CCCc1cccc(CC(C(=O)O)C(=O)O)c1CCC. The molecule has 0 spiro atoms. The molecule has 0 fully saturated rings. The van der Waals surface area contributed by atoms with Gasteiger partial charge in [-0.25, -0.2) is 0 Å². The number of carboxylic acid groups (broad SMARTS) is 2. The Morgan fingerprint density at radius 1 is 1.00 bits per heavy atom. The summed E-state index contributed by atoms with van der Waals surface area (Å²) in [7, 11) is 0. The van der Waals surface area contributed by atoms with Crippen molar-refractivity contribution >= 4 is 11.9 Å². The monoisotopic (exact) mass is 278 g/mol. The van der Waals surface area contributed by atoms with Gasteiger partial charge in [0.2, 0.25) is 0 Å². The molecule has 110 valence electrons. The van der Waals surface area contributed by atoms with Crippen LogP contribution in [-0.4, -0.2) is 22.2 Å². The van der Waals surface area contributed by atoms with Crippen molar-refractivity contribution in [1.29, 1.82) is 0 Å². The first kappa shape index (κ1) is 16.2. The fourth-order valence-corrected chi connectivity index (χ4v) is 2.45. The van der Waals surface area contributed by atoms with Crippen molar-refractivity contribution < 1.29 is 19.8 Å². The summed E-state index contributed by atoms with van der Waals surface area (Å²) < 4.78 is 0. The molecule has 1 aromatic carbocycles. The Morgan fingerprint density at radius 2 is 1.55 bits per heavy atom. The standard InChI is InChI=1S/C16H22O4/c1-3-6-11-8-5-9-12(13(11)7-4-2)10-14(15(17)18)16(19)20/h5,8-9,14H,3-4,6-7,10H2,1-2H3,(H,17,18)(H,19,20). The smallest absolute Gasteiger partial charge is 0.318 e. The number of hydrogen-bond acceptors (Lipinski definition) is 2. The third kappa shape index (κ3) is 4.08. The predicted octanol–water partition coefficient (Wildman–Crippen LogP) is 2.92. The summed E-state index contributed by atoms with van der Waals surface area (Å²) in [6.45, 7) is 4.16. The molecular formula is C16H22O4. The van der Waals surface area contributed by atoms with Crippen LogP contribution in [0.2, 0.25) is 0 Å². The third-order valence-electron chi connectivity index (χ3n) is 3.41. The van der Waals surface area contributed by atoms with Gasteiger partial charge in [-0.3, -0.25) is 9.59 Å². The predicted molar refractivity (Wildman–Crippen MR) is 76.9 cm³/mol. The number of aryl methyl sites for hydroxylation is 1. The number of carbonyl (C=O) groups is 2. The van der Waals surface area contributed by atoms with Crippen molar-refractivity contribution in [2.75, 3.05) is 0 Å². The summed E-state index contributed by atoms with van der Waals surface area (Å²) in [6, 6.07) is 5.79. The van der Waals surface area contributed by atoms with Gasteiger partial charge in [-0.2, -0.15) is 0 Å². The Kier molecular flexibility index (Phi) is 6.22. The maximum absolute atomic E-state index is 11.0. The molecule has 2 N–H and O–H groups in total. The molecule has 0 bridgehead atoms. The van der Waals surface area contributed by atoms with Gasteiger partial charge in [-0.1, -0.05) is 44.9 Å². The fourth-order valence-electron chi connectivity index (χ4n) is 2.45. The molecule has 1 aromatic rings. The molecule has 0 heterocycles. The first-order valence-corrected chi connectivity index (χ1v) is 7.06. The minimum absolute atomic E-state index is 0.0531. The Balaban J connectivity index is 3.12. The molecule has 0 aliphatic heterocycles. The summed E-state index contributed by atoms with van der Waals surface area (Å²) in [5.41, 5.74) is 3.19. The second kappa shape index (κ2) is 7.68. The van der Waals surface area contributed by atoms with Crippen LogP contribution in [0, 0.1) is 5.92 Å². The van der Waals surface area contributed by atoms with Crippen LogP contribution in [-0.2, 0) is 28.9 Å². The van der Waals surface area contributed by atoms with Crippen molar-refractivity contribution in [2.45, 2.75) is 46.0 Å². The Hall–Kier alpha value is -1.84. The van der Waals surface area contributed by atoms with Gasteiger partial charge >= 0.3 is 11.9 Å². The molecule has 0 radical (unpaired) electrons. The van der Waals surface area contributed by atoms with Gasteiger partial charge in [0.1, 0.15) is 0 Å². The van der Waals surface area contributed by atoms with E-state index in [1.807, 2.05) is 12.1 Å². The Morgan fingerprint density at radius 3 is 2.05 bits per heavy atom. The van der Waals surface area contributed by atoms with Crippen molar-refractivity contribution in [3.63, 3.8) is 0 Å². The van der Waals surface area contributed by atoms with E-state index in [2.05, 4.69) is 19.9 Å². The molecule has 1 rings (SSSR count). The van der Waals surface area contributed by atoms with Gasteiger partial charge in [0.25, 0.3) is 0 Å². The van der Waals surface area contributed by atoms with Crippen LogP contribution in [0.25, 0.3) is 0 Å². The van der Waals surface area contributed by atoms with Crippen molar-refractivity contribution in [3.05, 3.63) is 34.9 Å². The van der Waals surface area contributed by atoms with E-state index in [1.54, 1.807) is 0 Å². The average molecular weight is 278 g/mol. The Bertz CT molecular complexity index is 465. The first-order chi connectivity index (χ1) is 9.51. The molecule has 4 nitrogen and oxygen atoms in total. The molecule has 0 atom stereocenters. The summed E-state index contributed by atoms with van der Waals surface area (Å²) in [5, 5.41) is 18.0. The lowest BCUT2D eigenvalue weighted by Crippen LogP contribution is -2.26. The number of rotatable bonds is 8. The van der Waals surface area contributed by atoms with E-state index in [1.165, 1.54) is 5.56 Å². The van der Waals surface area contributed by atoms with Crippen LogP contribution >= 0.6 is 0 Å². The number of carboxylic acids is 2. The van der Waals surface area contributed by atoms with Gasteiger partial charge in [-0.15, -0.1) is 0 Å². The van der Waals surface area contributed by atoms with Crippen LogP contribution in [0.5, 0.6) is 0 Å². The summed E-state index contributed by atoms with van der Waals surface area (Å²) in [4.78, 5) is 22.1. The molecule has 0 aliphatic carbocycles. The van der Waals surface area contributed by atoms with Gasteiger partial charge in [0, 0.05) is 0 Å². The van der Waals surface area contributed by atoms with E-state index in [4.69, 9.17) is 10.2 Å². The normalized spacial score (nSPS) is 10.8. The minimum Gasteiger partial charge on any atom is -0.481 e. The van der Waals surface area contributed by atoms with E-state index in [-0.39, 0.29) is 6.42 Å². The second-order valence-corrected chi connectivity index (χ2v) is 4.99. The van der Waals surface area contributed by atoms with E-state index >= 15 is 0 Å². The fraction of sp³-hybridized carbons (Fsp3) is 0.500. The quantitative estimate of drug-likeness (QED) is 0.717. The van der Waals surface area contributed by atoms with Gasteiger partial charge < -0.3 is 10.2 Å². The Labute approximate surface area is 119 Å². The van der Waals surface area contributed by atoms with Crippen LogP contribution in [0.3, 0.4) is 0 Å². The molecule has 20 heavy (non-hydrogen) atoms. The highest BCUT2D eigenvalue weighted by molar-refractivity contribution is 5.93. The van der Waals surface area contributed by atoms with Crippen LogP contribution in [0.1, 0.15) is 43.4 Å². The van der Waals surface area contributed by atoms with Crippen molar-refractivity contribution in [2.24, 2.45) is 5.92 Å². The molecule has 0 saturated heterocycles. The number of hydrogen-bond donors (Lipinski definition) is 2. The highest BCUT2D eigenvalue weighted by Crippen LogP contribution is 2.22. The maximum Gasteiger partial charge on any atom is 0.318 e. The van der Waals surface area contributed by atoms with E-state index < -0.39 is 17.9 Å². The number of aliphatic carboxylic acids is 2. The summed E-state index contributed by atoms with van der Waals surface area (Å²) in [5.74, 6) is -3.93. The lowest BCUT2D eigenvalue weighted by molar-refractivity contribution is -0.154. The van der Waals surface area contributed by atoms with Crippen molar-refractivity contribution in [3.8, 4) is 0 Å².